The number of carbonyl (C=O) groups is 4. The van der Waals surface area contributed by atoms with Crippen molar-refractivity contribution in [3.63, 3.8) is 0 Å². The van der Waals surface area contributed by atoms with Crippen LogP contribution in [0.5, 0.6) is 0 Å². The first-order chi connectivity index (χ1) is 15.8. The summed E-state index contributed by atoms with van der Waals surface area (Å²) in [6.07, 6.45) is 4.89. The fraction of sp³-hybridized carbons (Fsp3) is 0.250. The third kappa shape index (κ3) is 3.81. The number of hydrogen-bond donors (Lipinski definition) is 1. The van der Waals surface area contributed by atoms with E-state index in [0.29, 0.717) is 21.4 Å². The van der Waals surface area contributed by atoms with E-state index in [1.807, 2.05) is 12.2 Å². The Hall–Kier alpha value is -3.16. The molecule has 1 saturated carbocycles. The summed E-state index contributed by atoms with van der Waals surface area (Å²) in [5.41, 5.74) is 0.746. The first kappa shape index (κ1) is 21.7. The first-order valence-corrected chi connectivity index (χ1v) is 11.2. The minimum absolute atomic E-state index is 0.0982. The molecule has 7 nitrogen and oxygen atoms in total. The molecular formula is C24H18Cl2N2O5. The molecule has 33 heavy (non-hydrogen) atoms. The molecular weight excluding hydrogens is 467 g/mol. The highest BCUT2D eigenvalue weighted by atomic mass is 35.5. The summed E-state index contributed by atoms with van der Waals surface area (Å²) in [5, 5.41) is 3.21. The Kier molecular flexibility index (Phi) is 5.46. The number of imide groups is 1. The maximum Gasteiger partial charge on any atom is 0.338 e. The molecule has 2 aromatic carbocycles. The van der Waals surface area contributed by atoms with Crippen LogP contribution in [0.15, 0.2) is 54.6 Å². The van der Waals surface area contributed by atoms with Crippen LogP contribution in [-0.4, -0.2) is 30.3 Å². The molecule has 0 radical (unpaired) electrons. The van der Waals surface area contributed by atoms with Gasteiger partial charge in [0.25, 0.3) is 5.91 Å². The van der Waals surface area contributed by atoms with E-state index in [1.54, 1.807) is 18.2 Å². The number of carbonyl (C=O) groups excluding carboxylic acids is 4. The third-order valence-corrected chi connectivity index (χ3v) is 6.91. The van der Waals surface area contributed by atoms with Gasteiger partial charge in [-0.2, -0.15) is 0 Å². The summed E-state index contributed by atoms with van der Waals surface area (Å²) in [6.45, 7) is -0.549. The van der Waals surface area contributed by atoms with Gasteiger partial charge in [-0.15, -0.1) is 0 Å². The van der Waals surface area contributed by atoms with Gasteiger partial charge in [-0.05, 0) is 54.7 Å². The minimum atomic E-state index is -0.759. The maximum atomic E-state index is 13.0. The van der Waals surface area contributed by atoms with E-state index in [1.165, 1.54) is 29.2 Å². The molecule has 2 bridgehead atoms. The van der Waals surface area contributed by atoms with Crippen LogP contribution in [0.3, 0.4) is 0 Å². The van der Waals surface area contributed by atoms with E-state index in [-0.39, 0.29) is 41.0 Å². The van der Waals surface area contributed by atoms with Gasteiger partial charge < -0.3 is 10.1 Å². The second-order valence-corrected chi connectivity index (χ2v) is 9.15. The summed E-state index contributed by atoms with van der Waals surface area (Å²) >= 11 is 11.9. The third-order valence-electron chi connectivity index (χ3n) is 6.35. The standard InChI is InChI=1S/C24H18Cl2N2O5/c25-15-6-7-17(26)18(10-15)27-19(29)11-33-24(32)14-2-1-3-16(9-14)28-22(30)20-12-4-5-13(8-12)21(20)23(28)31/h1-7,9-10,12-13,20-21H,8,11H2,(H,27,29)/t12-,13-,20-,21-/m0/s1. The van der Waals surface area contributed by atoms with Gasteiger partial charge in [0, 0.05) is 5.02 Å². The molecule has 3 aliphatic rings. The number of nitrogens with one attached hydrogen (secondary N) is 1. The lowest BCUT2D eigenvalue weighted by atomic mass is 9.85. The van der Waals surface area contributed by atoms with Crippen molar-refractivity contribution in [1.82, 2.24) is 0 Å². The van der Waals surface area contributed by atoms with Crippen LogP contribution in [0, 0.1) is 23.7 Å². The van der Waals surface area contributed by atoms with Gasteiger partial charge >= 0.3 is 5.97 Å². The molecule has 3 amide bonds. The Morgan fingerprint density at radius 3 is 2.39 bits per heavy atom. The van der Waals surface area contributed by atoms with Crippen molar-refractivity contribution in [2.24, 2.45) is 23.7 Å². The van der Waals surface area contributed by atoms with Crippen LogP contribution >= 0.6 is 23.2 Å². The molecule has 1 heterocycles. The van der Waals surface area contributed by atoms with E-state index in [2.05, 4.69) is 5.32 Å². The summed E-state index contributed by atoms with van der Waals surface area (Å²) in [4.78, 5) is 51.8. The molecule has 5 rings (SSSR count). The average molecular weight is 485 g/mol. The predicted molar refractivity (Wildman–Crippen MR) is 122 cm³/mol. The van der Waals surface area contributed by atoms with Crippen molar-refractivity contribution in [1.29, 1.82) is 0 Å². The number of fused-ring (bicyclic) bond motifs is 5. The Morgan fingerprint density at radius 2 is 1.70 bits per heavy atom. The highest BCUT2D eigenvalue weighted by Gasteiger charge is 2.59. The molecule has 1 aliphatic heterocycles. The van der Waals surface area contributed by atoms with Gasteiger partial charge in [0.15, 0.2) is 6.61 Å². The molecule has 1 saturated heterocycles. The van der Waals surface area contributed by atoms with Crippen molar-refractivity contribution in [3.8, 4) is 0 Å². The van der Waals surface area contributed by atoms with Crippen LogP contribution in [0.1, 0.15) is 16.8 Å². The van der Waals surface area contributed by atoms with Gasteiger partial charge in [-0.3, -0.25) is 14.4 Å². The molecule has 168 valence electrons. The molecule has 2 aromatic rings. The molecule has 4 atom stereocenters. The van der Waals surface area contributed by atoms with E-state index in [9.17, 15) is 19.2 Å². The molecule has 0 unspecified atom stereocenters. The van der Waals surface area contributed by atoms with E-state index in [4.69, 9.17) is 27.9 Å². The first-order valence-electron chi connectivity index (χ1n) is 10.4. The number of halogens is 2. The van der Waals surface area contributed by atoms with Crippen LogP contribution in [0.4, 0.5) is 11.4 Å². The lowest BCUT2D eigenvalue weighted by Gasteiger charge is -2.18. The van der Waals surface area contributed by atoms with E-state index in [0.717, 1.165) is 6.42 Å². The molecule has 2 fully saturated rings. The normalized spacial score (nSPS) is 24.8. The lowest BCUT2D eigenvalue weighted by Crippen LogP contribution is -2.33. The number of allylic oxidation sites excluding steroid dienone is 2. The highest BCUT2D eigenvalue weighted by molar-refractivity contribution is 6.35. The van der Waals surface area contributed by atoms with Gasteiger partial charge in [-0.1, -0.05) is 41.4 Å². The van der Waals surface area contributed by atoms with Crippen molar-refractivity contribution < 1.29 is 23.9 Å². The molecule has 0 aromatic heterocycles. The molecule has 0 spiro atoms. The summed E-state index contributed by atoms with van der Waals surface area (Å²) in [7, 11) is 0. The van der Waals surface area contributed by atoms with Gasteiger partial charge in [-0.25, -0.2) is 9.69 Å². The maximum absolute atomic E-state index is 13.0. The van der Waals surface area contributed by atoms with E-state index < -0.39 is 18.5 Å². The van der Waals surface area contributed by atoms with Crippen LogP contribution < -0.4 is 10.2 Å². The number of anilines is 2. The number of rotatable bonds is 5. The number of amides is 3. The smallest absolute Gasteiger partial charge is 0.338 e. The molecule has 9 heteroatoms. The zero-order valence-corrected chi connectivity index (χ0v) is 18.7. The van der Waals surface area contributed by atoms with Gasteiger partial charge in [0.05, 0.1) is 33.8 Å². The number of benzene rings is 2. The minimum Gasteiger partial charge on any atom is -0.452 e. The lowest BCUT2D eigenvalue weighted by molar-refractivity contribution is -0.123. The van der Waals surface area contributed by atoms with Crippen molar-refractivity contribution in [2.45, 2.75) is 6.42 Å². The fourth-order valence-electron chi connectivity index (χ4n) is 4.92. The van der Waals surface area contributed by atoms with Crippen molar-refractivity contribution in [2.75, 3.05) is 16.8 Å². The zero-order chi connectivity index (χ0) is 23.3. The van der Waals surface area contributed by atoms with Crippen molar-refractivity contribution >= 4 is 58.3 Å². The Labute approximate surface area is 199 Å². The van der Waals surface area contributed by atoms with Crippen LogP contribution in [-0.2, 0) is 19.1 Å². The number of hydrogen-bond acceptors (Lipinski definition) is 5. The highest BCUT2D eigenvalue weighted by Crippen LogP contribution is 2.53. The summed E-state index contributed by atoms with van der Waals surface area (Å²) in [5.74, 6) is -2.28. The van der Waals surface area contributed by atoms with Crippen LogP contribution in [0.25, 0.3) is 0 Å². The van der Waals surface area contributed by atoms with E-state index >= 15 is 0 Å². The Morgan fingerprint density at radius 1 is 1.00 bits per heavy atom. The molecule has 2 aliphatic carbocycles. The van der Waals surface area contributed by atoms with Gasteiger partial charge in [0.1, 0.15) is 0 Å². The zero-order valence-electron chi connectivity index (χ0n) is 17.2. The number of esters is 1. The second kappa shape index (κ2) is 8.32. The summed E-state index contributed by atoms with van der Waals surface area (Å²) in [6, 6.07) is 10.7. The monoisotopic (exact) mass is 484 g/mol. The number of ether oxygens (including phenoxy) is 1. The summed E-state index contributed by atoms with van der Waals surface area (Å²) < 4.78 is 5.10. The Bertz CT molecular complexity index is 1200. The van der Waals surface area contributed by atoms with Crippen LogP contribution in [0.2, 0.25) is 10.0 Å². The topological polar surface area (TPSA) is 92.8 Å². The largest absolute Gasteiger partial charge is 0.452 e. The quantitative estimate of drug-likeness (QED) is 0.391. The fourth-order valence-corrected chi connectivity index (χ4v) is 5.26. The second-order valence-electron chi connectivity index (χ2n) is 8.31. The SMILES string of the molecule is O=C(COC(=O)c1cccc(N2C(=O)[C@@H]3[C@@H](C2=O)[C@H]2C=C[C@H]3C2)c1)Nc1cc(Cl)ccc1Cl. The predicted octanol–water partition coefficient (Wildman–Crippen LogP) is 4.10. The Balaban J connectivity index is 1.25. The molecule has 1 N–H and O–H groups in total. The number of nitrogens with zero attached hydrogens (tertiary/aromatic N) is 1. The van der Waals surface area contributed by atoms with Gasteiger partial charge in [0.2, 0.25) is 11.8 Å². The van der Waals surface area contributed by atoms with Crippen molar-refractivity contribution in [3.05, 3.63) is 70.2 Å². The average Bonchev–Trinajstić information content (AvgIpc) is 3.48.